The van der Waals surface area contributed by atoms with Gasteiger partial charge in [-0.05, 0) is 5.56 Å². The number of carbonyl (C=O) groups excluding carboxylic acids is 1. The van der Waals surface area contributed by atoms with Gasteiger partial charge in [-0.3, -0.25) is 4.79 Å². The lowest BCUT2D eigenvalue weighted by Crippen LogP contribution is -2.29. The smallest absolute Gasteiger partial charge is 0.226 e. The van der Waals surface area contributed by atoms with Gasteiger partial charge in [0.1, 0.15) is 6.61 Å². The van der Waals surface area contributed by atoms with E-state index in [1.54, 1.807) is 0 Å². The number of terminal acetylenes is 1. The zero-order valence-electron chi connectivity index (χ0n) is 15.6. The molecule has 2 N–H and O–H groups in total. The number of carbonyl (C=O) groups is 1. The monoisotopic (exact) mass is 376 g/mol. The highest BCUT2D eigenvalue weighted by molar-refractivity contribution is 6.08. The van der Waals surface area contributed by atoms with Crippen molar-refractivity contribution >= 4 is 11.6 Å². The van der Waals surface area contributed by atoms with Crippen LogP contribution in [0.4, 0.5) is 0 Å². The minimum Gasteiger partial charge on any atom is -0.377 e. The molecule has 0 spiro atoms. The zero-order valence-corrected chi connectivity index (χ0v) is 15.6. The van der Waals surface area contributed by atoms with Crippen molar-refractivity contribution in [3.8, 4) is 12.3 Å². The molecule has 0 aromatic heterocycles. The first kappa shape index (κ1) is 22.8. The molecule has 0 saturated carbocycles. The van der Waals surface area contributed by atoms with Gasteiger partial charge in [0.25, 0.3) is 0 Å². The predicted molar refractivity (Wildman–Crippen MR) is 103 cm³/mol. The van der Waals surface area contributed by atoms with E-state index in [2.05, 4.69) is 11.2 Å². The second-order valence-electron chi connectivity index (χ2n) is 5.47. The summed E-state index contributed by atoms with van der Waals surface area (Å²) >= 11 is 0. The molecule has 0 saturated heterocycles. The summed E-state index contributed by atoms with van der Waals surface area (Å²) in [5.41, 5.74) is 1.05. The fourth-order valence-electron chi connectivity index (χ4n) is 2.02. The molecule has 0 heterocycles. The van der Waals surface area contributed by atoms with E-state index in [4.69, 9.17) is 30.8 Å². The molecule has 1 aromatic rings. The van der Waals surface area contributed by atoms with Crippen LogP contribution in [0.2, 0.25) is 0 Å². The summed E-state index contributed by atoms with van der Waals surface area (Å²) in [6, 6.07) is 9.20. The normalized spacial score (nSPS) is 10.3. The summed E-state index contributed by atoms with van der Waals surface area (Å²) in [6.07, 6.45) is 5.10. The van der Waals surface area contributed by atoms with Gasteiger partial charge >= 0.3 is 0 Å². The summed E-state index contributed by atoms with van der Waals surface area (Å²) in [4.78, 5) is 11.8. The Labute approximate surface area is 160 Å². The molecule has 148 valence electrons. The van der Waals surface area contributed by atoms with Gasteiger partial charge in [0.05, 0.1) is 52.7 Å². The molecule has 0 radical (unpaired) electrons. The first-order chi connectivity index (χ1) is 13.2. The molecule has 0 aliphatic carbocycles. The number of benzene rings is 1. The van der Waals surface area contributed by atoms with E-state index < -0.39 is 0 Å². The molecule has 0 unspecified atom stereocenters. The molecule has 1 amide bonds. The molecule has 0 aliphatic heterocycles. The van der Waals surface area contributed by atoms with Crippen molar-refractivity contribution in [2.75, 3.05) is 59.4 Å². The Hall–Kier alpha value is -2.24. The van der Waals surface area contributed by atoms with Crippen molar-refractivity contribution in [3.05, 3.63) is 35.9 Å². The number of rotatable bonds is 16. The molecule has 1 aromatic carbocycles. The van der Waals surface area contributed by atoms with E-state index in [0.717, 1.165) is 5.56 Å². The number of ether oxygens (including phenoxy) is 4. The van der Waals surface area contributed by atoms with Crippen LogP contribution < -0.4 is 5.32 Å². The first-order valence-corrected chi connectivity index (χ1v) is 8.88. The van der Waals surface area contributed by atoms with Crippen LogP contribution in [0.1, 0.15) is 12.0 Å². The van der Waals surface area contributed by atoms with Crippen LogP contribution in [-0.4, -0.2) is 71.0 Å². The second-order valence-corrected chi connectivity index (χ2v) is 5.47. The minimum absolute atomic E-state index is 0.0564. The van der Waals surface area contributed by atoms with Crippen LogP contribution in [0.15, 0.2) is 30.3 Å². The number of hydrogen-bond acceptors (Lipinski definition) is 6. The summed E-state index contributed by atoms with van der Waals surface area (Å²) < 4.78 is 21.1. The van der Waals surface area contributed by atoms with Crippen molar-refractivity contribution in [3.63, 3.8) is 0 Å². The third-order valence-electron chi connectivity index (χ3n) is 3.33. The number of hydrogen-bond donors (Lipinski definition) is 2. The Morgan fingerprint density at radius 2 is 1.48 bits per heavy atom. The summed E-state index contributed by atoms with van der Waals surface area (Å²) in [5, 5.41) is 10.6. The second kappa shape index (κ2) is 16.0. The molecule has 0 fully saturated rings. The van der Waals surface area contributed by atoms with E-state index in [1.165, 1.54) is 0 Å². The SMILES string of the molecule is C#CCOCCOCCOCCOCCNC(=O)CC(=N)c1ccccc1. The maximum Gasteiger partial charge on any atom is 0.226 e. The van der Waals surface area contributed by atoms with Crippen molar-refractivity contribution in [2.24, 2.45) is 0 Å². The van der Waals surface area contributed by atoms with E-state index in [9.17, 15) is 4.79 Å². The fraction of sp³-hybridized carbons (Fsp3) is 0.500. The summed E-state index contributed by atoms with van der Waals surface area (Å²) in [6.45, 7) is 3.95. The van der Waals surface area contributed by atoms with Gasteiger partial charge in [0, 0.05) is 12.3 Å². The Kier molecular flexibility index (Phi) is 13.5. The van der Waals surface area contributed by atoms with Crippen LogP contribution in [-0.2, 0) is 23.7 Å². The average molecular weight is 376 g/mol. The lowest BCUT2D eigenvalue weighted by atomic mass is 10.1. The van der Waals surface area contributed by atoms with Crippen molar-refractivity contribution < 1.29 is 23.7 Å². The number of amides is 1. The van der Waals surface area contributed by atoms with Crippen LogP contribution in [0.3, 0.4) is 0 Å². The third-order valence-corrected chi connectivity index (χ3v) is 3.33. The molecular weight excluding hydrogens is 348 g/mol. The maximum atomic E-state index is 11.8. The van der Waals surface area contributed by atoms with E-state index in [-0.39, 0.29) is 12.3 Å². The van der Waals surface area contributed by atoms with Gasteiger partial charge in [0.2, 0.25) is 5.91 Å². The standard InChI is InChI=1S/C20H28N2O5/c1-2-9-24-11-13-26-15-16-27-14-12-25-10-8-22-20(23)17-19(21)18-6-4-3-5-7-18/h1,3-7,21H,8-17H2,(H,22,23). The van der Waals surface area contributed by atoms with E-state index in [0.29, 0.717) is 65.1 Å². The highest BCUT2D eigenvalue weighted by Crippen LogP contribution is 2.02. The van der Waals surface area contributed by atoms with Gasteiger partial charge in [-0.25, -0.2) is 0 Å². The van der Waals surface area contributed by atoms with Crippen LogP contribution >= 0.6 is 0 Å². The van der Waals surface area contributed by atoms with Crippen molar-refractivity contribution in [2.45, 2.75) is 6.42 Å². The van der Waals surface area contributed by atoms with Gasteiger partial charge in [-0.15, -0.1) is 6.42 Å². The van der Waals surface area contributed by atoms with Crippen LogP contribution in [0.5, 0.6) is 0 Å². The predicted octanol–water partition coefficient (Wildman–Crippen LogP) is 1.26. The highest BCUT2D eigenvalue weighted by Gasteiger charge is 2.07. The Morgan fingerprint density at radius 1 is 0.926 bits per heavy atom. The molecule has 0 bridgehead atoms. The first-order valence-electron chi connectivity index (χ1n) is 8.88. The van der Waals surface area contributed by atoms with Crippen LogP contribution in [0.25, 0.3) is 0 Å². The Bertz CT molecular complexity index is 571. The molecule has 7 nitrogen and oxygen atoms in total. The number of nitrogens with one attached hydrogen (secondary N) is 2. The minimum atomic E-state index is -0.188. The largest absolute Gasteiger partial charge is 0.377 e. The molecule has 0 atom stereocenters. The Balaban J connectivity index is 1.86. The van der Waals surface area contributed by atoms with Crippen LogP contribution in [0, 0.1) is 17.8 Å². The molecular formula is C20H28N2O5. The Morgan fingerprint density at radius 3 is 2.07 bits per heavy atom. The third kappa shape index (κ3) is 12.7. The van der Waals surface area contributed by atoms with Gasteiger partial charge in [0.15, 0.2) is 0 Å². The van der Waals surface area contributed by atoms with Gasteiger partial charge in [-0.1, -0.05) is 36.3 Å². The van der Waals surface area contributed by atoms with Gasteiger partial charge < -0.3 is 29.7 Å². The van der Waals surface area contributed by atoms with Crippen molar-refractivity contribution in [1.82, 2.24) is 5.32 Å². The maximum absolute atomic E-state index is 11.8. The highest BCUT2D eigenvalue weighted by atomic mass is 16.6. The van der Waals surface area contributed by atoms with E-state index in [1.807, 2.05) is 30.3 Å². The lowest BCUT2D eigenvalue weighted by Gasteiger charge is -2.08. The summed E-state index contributed by atoms with van der Waals surface area (Å²) in [7, 11) is 0. The molecule has 27 heavy (non-hydrogen) atoms. The zero-order chi connectivity index (χ0) is 19.6. The molecule has 7 heteroatoms. The fourth-order valence-corrected chi connectivity index (χ4v) is 2.02. The lowest BCUT2D eigenvalue weighted by molar-refractivity contribution is -0.120. The quantitative estimate of drug-likeness (QED) is 0.258. The molecule has 1 rings (SSSR count). The van der Waals surface area contributed by atoms with E-state index >= 15 is 0 Å². The summed E-state index contributed by atoms with van der Waals surface area (Å²) in [5.74, 6) is 2.19. The molecule has 0 aliphatic rings. The van der Waals surface area contributed by atoms with Gasteiger partial charge in [-0.2, -0.15) is 0 Å². The average Bonchev–Trinajstić information content (AvgIpc) is 2.69. The topological polar surface area (TPSA) is 89.9 Å². The van der Waals surface area contributed by atoms with Crippen molar-refractivity contribution in [1.29, 1.82) is 5.41 Å².